The Morgan fingerprint density at radius 3 is 1.59 bits per heavy atom. The van der Waals surface area contributed by atoms with Crippen molar-refractivity contribution in [2.24, 2.45) is 11.8 Å². The molecule has 2 amide bonds. The summed E-state index contributed by atoms with van der Waals surface area (Å²) in [6.07, 6.45) is 11.7. The van der Waals surface area contributed by atoms with Crippen LogP contribution in [0.5, 0.6) is 0 Å². The van der Waals surface area contributed by atoms with E-state index in [1.807, 2.05) is 12.1 Å². The van der Waals surface area contributed by atoms with Crippen LogP contribution in [-0.2, 0) is 9.59 Å². The van der Waals surface area contributed by atoms with Gasteiger partial charge in [-0.25, -0.2) is 0 Å². The summed E-state index contributed by atoms with van der Waals surface area (Å²) in [5.74, 6) is 0.0817. The van der Waals surface area contributed by atoms with Crippen molar-refractivity contribution in [1.29, 1.82) is 10.5 Å². The summed E-state index contributed by atoms with van der Waals surface area (Å²) in [5.41, 5.74) is 1.42. The lowest BCUT2D eigenvalue weighted by molar-refractivity contribution is -0.119. The summed E-state index contributed by atoms with van der Waals surface area (Å²) in [5, 5.41) is 25.2. The Bertz CT molecular complexity index is 964. The molecular weight excluding hydrogens is 424 g/mol. The molecule has 0 aromatic heterocycles. The van der Waals surface area contributed by atoms with Gasteiger partial charge in [-0.2, -0.15) is 10.5 Å². The second kappa shape index (κ2) is 12.2. The van der Waals surface area contributed by atoms with E-state index in [2.05, 4.69) is 24.5 Å². The number of nitrogens with zero attached hydrogens (tertiary/aromatic N) is 2. The minimum atomic E-state index is -0.360. The first-order valence-electron chi connectivity index (χ1n) is 12.4. The fraction of sp³-hybridized carbons (Fsp3) is 0.500. The lowest BCUT2D eigenvalue weighted by Gasteiger charge is -2.29. The van der Waals surface area contributed by atoms with Crippen LogP contribution in [0.1, 0.15) is 76.3 Å². The van der Waals surface area contributed by atoms with E-state index in [4.69, 9.17) is 0 Å². The minimum absolute atomic E-state index is 0.0449. The smallest absolute Gasteiger partial charge is 0.262 e. The fourth-order valence-electron chi connectivity index (χ4n) is 4.92. The predicted octanol–water partition coefficient (Wildman–Crippen LogP) is 4.89. The molecule has 0 saturated heterocycles. The van der Waals surface area contributed by atoms with E-state index >= 15 is 0 Å². The summed E-state index contributed by atoms with van der Waals surface area (Å²) in [6.45, 7) is 4.26. The Kier molecular flexibility index (Phi) is 9.05. The highest BCUT2D eigenvalue weighted by Gasteiger charge is 2.25. The number of benzene rings is 1. The van der Waals surface area contributed by atoms with Gasteiger partial charge in [0.15, 0.2) is 0 Å². The first kappa shape index (κ1) is 25.2. The molecule has 6 nitrogen and oxygen atoms in total. The van der Waals surface area contributed by atoms with Crippen LogP contribution < -0.4 is 10.6 Å². The number of carbonyl (C=O) groups is 2. The number of hydrogen-bond acceptors (Lipinski definition) is 4. The van der Waals surface area contributed by atoms with Gasteiger partial charge in [0.1, 0.15) is 23.3 Å². The third-order valence-electron chi connectivity index (χ3n) is 7.12. The number of nitriles is 2. The molecule has 1 aromatic carbocycles. The molecule has 2 aliphatic rings. The van der Waals surface area contributed by atoms with Gasteiger partial charge in [-0.1, -0.05) is 57.7 Å². The molecule has 0 radical (unpaired) electrons. The molecule has 0 bridgehead atoms. The summed E-state index contributed by atoms with van der Waals surface area (Å²) in [6, 6.07) is 11.3. The number of rotatable bonds is 6. The molecule has 1 aromatic rings. The lowest BCUT2D eigenvalue weighted by atomic mass is 9.86. The van der Waals surface area contributed by atoms with Gasteiger partial charge in [0, 0.05) is 12.1 Å². The second-order valence-electron chi connectivity index (χ2n) is 9.69. The summed E-state index contributed by atoms with van der Waals surface area (Å²) in [7, 11) is 0. The van der Waals surface area contributed by atoms with Crippen molar-refractivity contribution in [3.63, 3.8) is 0 Å². The van der Waals surface area contributed by atoms with Crippen molar-refractivity contribution in [2.75, 3.05) is 0 Å². The molecule has 2 aliphatic carbocycles. The predicted molar refractivity (Wildman–Crippen MR) is 133 cm³/mol. The van der Waals surface area contributed by atoms with Gasteiger partial charge in [-0.05, 0) is 66.9 Å². The van der Waals surface area contributed by atoms with Gasteiger partial charge in [0.25, 0.3) is 11.8 Å². The average Bonchev–Trinajstić information content (AvgIpc) is 2.84. The van der Waals surface area contributed by atoms with Crippen LogP contribution in [0.15, 0.2) is 35.4 Å². The highest BCUT2D eigenvalue weighted by atomic mass is 16.2. The SMILES string of the molecule is CC1CCCCC1NC(=O)C(C#N)=Cc1cccc(C=C(C#N)C(=O)NC2CCCCC2C)c1. The van der Waals surface area contributed by atoms with Crippen LogP contribution in [0.4, 0.5) is 0 Å². The Labute approximate surface area is 202 Å². The summed E-state index contributed by atoms with van der Waals surface area (Å²) in [4.78, 5) is 25.4. The highest BCUT2D eigenvalue weighted by molar-refractivity contribution is 6.03. The Morgan fingerprint density at radius 2 is 1.21 bits per heavy atom. The monoisotopic (exact) mass is 458 g/mol. The zero-order valence-electron chi connectivity index (χ0n) is 20.1. The molecule has 2 saturated carbocycles. The number of carbonyl (C=O) groups excluding carboxylic acids is 2. The van der Waals surface area contributed by atoms with Gasteiger partial charge >= 0.3 is 0 Å². The van der Waals surface area contributed by atoms with E-state index in [-0.39, 0.29) is 35.0 Å². The molecule has 178 valence electrons. The van der Waals surface area contributed by atoms with Gasteiger partial charge in [0.05, 0.1) is 0 Å². The third kappa shape index (κ3) is 6.81. The average molecular weight is 459 g/mol. The van der Waals surface area contributed by atoms with Crippen molar-refractivity contribution in [3.05, 3.63) is 46.5 Å². The third-order valence-corrected chi connectivity index (χ3v) is 7.12. The maximum atomic E-state index is 12.7. The van der Waals surface area contributed by atoms with Crippen LogP contribution in [-0.4, -0.2) is 23.9 Å². The van der Waals surface area contributed by atoms with Crippen molar-refractivity contribution < 1.29 is 9.59 Å². The van der Waals surface area contributed by atoms with E-state index in [0.717, 1.165) is 38.5 Å². The topological polar surface area (TPSA) is 106 Å². The largest absolute Gasteiger partial charge is 0.348 e. The van der Waals surface area contributed by atoms with Gasteiger partial charge in [-0.15, -0.1) is 0 Å². The van der Waals surface area contributed by atoms with Crippen LogP contribution in [0.2, 0.25) is 0 Å². The van der Waals surface area contributed by atoms with E-state index < -0.39 is 0 Å². The molecule has 3 rings (SSSR count). The molecule has 0 spiro atoms. The standard InChI is InChI=1S/C28H34N4O2/c1-19-8-3-5-12-25(19)31-27(33)23(17-29)15-21-10-7-11-22(14-21)16-24(18-30)28(34)32-26-13-6-4-9-20(26)2/h7,10-11,14-16,19-20,25-26H,3-6,8-9,12-13H2,1-2H3,(H,31,33)(H,32,34). The van der Waals surface area contributed by atoms with E-state index in [0.29, 0.717) is 23.0 Å². The van der Waals surface area contributed by atoms with E-state index in [1.54, 1.807) is 36.4 Å². The van der Waals surface area contributed by atoms with Gasteiger partial charge < -0.3 is 10.6 Å². The number of hydrogen-bond donors (Lipinski definition) is 2. The van der Waals surface area contributed by atoms with E-state index in [1.165, 1.54) is 12.8 Å². The first-order chi connectivity index (χ1) is 16.4. The molecule has 4 unspecified atom stereocenters. The maximum absolute atomic E-state index is 12.7. The molecule has 2 N–H and O–H groups in total. The molecule has 0 aliphatic heterocycles. The zero-order valence-corrected chi connectivity index (χ0v) is 20.1. The van der Waals surface area contributed by atoms with Crippen LogP contribution >= 0.6 is 0 Å². The Hall–Kier alpha value is -3.38. The Morgan fingerprint density at radius 1 is 0.794 bits per heavy atom. The second-order valence-corrected chi connectivity index (χ2v) is 9.69. The minimum Gasteiger partial charge on any atom is -0.348 e. The zero-order chi connectivity index (χ0) is 24.5. The molecule has 6 heteroatoms. The maximum Gasteiger partial charge on any atom is 0.262 e. The van der Waals surface area contributed by atoms with Crippen molar-refractivity contribution in [2.45, 2.75) is 77.3 Å². The molecular formula is C28H34N4O2. The van der Waals surface area contributed by atoms with Gasteiger partial charge in [0.2, 0.25) is 0 Å². The van der Waals surface area contributed by atoms with E-state index in [9.17, 15) is 20.1 Å². The lowest BCUT2D eigenvalue weighted by Crippen LogP contribution is -2.41. The highest BCUT2D eigenvalue weighted by Crippen LogP contribution is 2.25. The number of nitrogens with one attached hydrogen (secondary N) is 2. The van der Waals surface area contributed by atoms with Crippen molar-refractivity contribution in [3.8, 4) is 12.1 Å². The molecule has 0 heterocycles. The number of amides is 2. The van der Waals surface area contributed by atoms with Crippen LogP contribution in [0.3, 0.4) is 0 Å². The molecule has 34 heavy (non-hydrogen) atoms. The molecule has 2 fully saturated rings. The van der Waals surface area contributed by atoms with Crippen LogP contribution in [0.25, 0.3) is 12.2 Å². The van der Waals surface area contributed by atoms with Crippen LogP contribution in [0, 0.1) is 34.5 Å². The fourth-order valence-corrected chi connectivity index (χ4v) is 4.92. The van der Waals surface area contributed by atoms with Crippen molar-refractivity contribution >= 4 is 24.0 Å². The summed E-state index contributed by atoms with van der Waals surface area (Å²) < 4.78 is 0. The normalized spacial score (nSPS) is 25.5. The summed E-state index contributed by atoms with van der Waals surface area (Å²) >= 11 is 0. The van der Waals surface area contributed by atoms with Gasteiger partial charge in [-0.3, -0.25) is 9.59 Å². The quantitative estimate of drug-likeness (QED) is 0.467. The first-order valence-corrected chi connectivity index (χ1v) is 12.4. The Balaban J connectivity index is 1.72. The van der Waals surface area contributed by atoms with Crippen molar-refractivity contribution in [1.82, 2.24) is 10.6 Å². The molecule has 4 atom stereocenters.